The minimum Gasteiger partial charge on any atom is -0.378 e. The standard InChI is InChI=1S/C26H34N2O4S/c1-6-7-17-31-33(29,30)22-10-8-9-20-18-24-28(25(20)22)26(2,3)23(32-24)16-13-19-11-14-21(15-12-19)27(4)5/h8-16,23-24H,6-7,17-18H2,1-5H3. The summed E-state index contributed by atoms with van der Waals surface area (Å²) in [6.07, 6.45) is 6.01. The molecule has 0 radical (unpaired) electrons. The average molecular weight is 471 g/mol. The summed E-state index contributed by atoms with van der Waals surface area (Å²) in [5.74, 6) is 0. The molecule has 33 heavy (non-hydrogen) atoms. The summed E-state index contributed by atoms with van der Waals surface area (Å²) in [7, 11) is 0.194. The van der Waals surface area contributed by atoms with Crippen molar-refractivity contribution in [2.24, 2.45) is 0 Å². The predicted molar refractivity (Wildman–Crippen MR) is 133 cm³/mol. The number of unbranched alkanes of at least 4 members (excludes halogenated alkanes) is 1. The van der Waals surface area contributed by atoms with Crippen molar-refractivity contribution in [2.75, 3.05) is 30.5 Å². The summed E-state index contributed by atoms with van der Waals surface area (Å²) < 4.78 is 37.8. The smallest absolute Gasteiger partial charge is 0.299 e. The number of nitrogens with zero attached hydrogens (tertiary/aromatic N) is 2. The van der Waals surface area contributed by atoms with Crippen LogP contribution in [-0.2, 0) is 25.5 Å². The molecule has 0 amide bonds. The van der Waals surface area contributed by atoms with E-state index in [9.17, 15) is 8.42 Å². The van der Waals surface area contributed by atoms with Gasteiger partial charge < -0.3 is 14.5 Å². The number of para-hydroxylation sites is 1. The van der Waals surface area contributed by atoms with Crippen LogP contribution in [0.2, 0.25) is 0 Å². The van der Waals surface area contributed by atoms with E-state index in [0.29, 0.717) is 12.8 Å². The molecule has 2 aliphatic rings. The Morgan fingerprint density at radius 1 is 1.18 bits per heavy atom. The van der Waals surface area contributed by atoms with Gasteiger partial charge >= 0.3 is 0 Å². The zero-order valence-corrected chi connectivity index (χ0v) is 20.9. The van der Waals surface area contributed by atoms with Crippen molar-refractivity contribution in [3.05, 3.63) is 59.7 Å². The maximum atomic E-state index is 13.0. The van der Waals surface area contributed by atoms with E-state index in [0.717, 1.165) is 28.9 Å². The average Bonchev–Trinajstić information content (AvgIpc) is 3.26. The first-order chi connectivity index (χ1) is 15.6. The van der Waals surface area contributed by atoms with Gasteiger partial charge in [-0.05, 0) is 49.6 Å². The van der Waals surface area contributed by atoms with Gasteiger partial charge in [-0.1, -0.05) is 49.8 Å². The van der Waals surface area contributed by atoms with E-state index in [2.05, 4.69) is 60.1 Å². The molecule has 2 atom stereocenters. The van der Waals surface area contributed by atoms with Crippen molar-refractivity contribution in [1.82, 2.24) is 0 Å². The van der Waals surface area contributed by atoms with Crippen molar-refractivity contribution in [2.45, 2.75) is 62.8 Å². The van der Waals surface area contributed by atoms with Gasteiger partial charge in [-0.25, -0.2) is 0 Å². The molecule has 0 bridgehead atoms. The summed E-state index contributed by atoms with van der Waals surface area (Å²) in [6.45, 7) is 6.42. The second-order valence-corrected chi connectivity index (χ2v) is 11.1. The van der Waals surface area contributed by atoms with Crippen molar-refractivity contribution in [3.8, 4) is 0 Å². The van der Waals surface area contributed by atoms with Gasteiger partial charge in [-0.2, -0.15) is 8.42 Å². The lowest BCUT2D eigenvalue weighted by Gasteiger charge is -2.35. The molecule has 0 aromatic heterocycles. The van der Waals surface area contributed by atoms with Crippen LogP contribution < -0.4 is 9.80 Å². The van der Waals surface area contributed by atoms with Crippen LogP contribution in [0.3, 0.4) is 0 Å². The van der Waals surface area contributed by atoms with Crippen LogP contribution in [0, 0.1) is 0 Å². The minimum atomic E-state index is -3.85. The fourth-order valence-electron chi connectivity index (χ4n) is 4.61. The fraction of sp³-hybridized carbons (Fsp3) is 0.462. The SMILES string of the molecule is CCCCOS(=O)(=O)c1cccc2c1N1C(C2)OC(C=Cc2ccc(N(C)C)cc2)C1(C)C. The second-order valence-electron chi connectivity index (χ2n) is 9.48. The lowest BCUT2D eigenvalue weighted by Crippen LogP contribution is -2.46. The van der Waals surface area contributed by atoms with E-state index < -0.39 is 15.7 Å². The highest BCUT2D eigenvalue weighted by Crippen LogP contribution is 2.48. The van der Waals surface area contributed by atoms with Crippen LogP contribution >= 0.6 is 0 Å². The van der Waals surface area contributed by atoms with Gasteiger partial charge in [0.1, 0.15) is 17.2 Å². The predicted octanol–water partition coefficient (Wildman–Crippen LogP) is 4.84. The number of benzene rings is 2. The van der Waals surface area contributed by atoms with Gasteiger partial charge in [0, 0.05) is 26.2 Å². The zero-order chi connectivity index (χ0) is 23.8. The van der Waals surface area contributed by atoms with E-state index in [1.54, 1.807) is 12.1 Å². The Morgan fingerprint density at radius 2 is 1.91 bits per heavy atom. The van der Waals surface area contributed by atoms with Gasteiger partial charge in [0.25, 0.3) is 10.1 Å². The Labute approximate surface area is 197 Å². The Bertz CT molecular complexity index is 1120. The lowest BCUT2D eigenvalue weighted by molar-refractivity contribution is 0.0652. The molecule has 0 N–H and O–H groups in total. The first kappa shape index (κ1) is 23.8. The molecular weight excluding hydrogens is 436 g/mol. The van der Waals surface area contributed by atoms with Crippen LogP contribution in [0.1, 0.15) is 44.7 Å². The zero-order valence-electron chi connectivity index (χ0n) is 20.1. The first-order valence-corrected chi connectivity index (χ1v) is 13.0. The monoisotopic (exact) mass is 470 g/mol. The molecule has 0 saturated carbocycles. The molecule has 2 aromatic carbocycles. The third kappa shape index (κ3) is 4.54. The number of hydrogen-bond donors (Lipinski definition) is 0. The maximum Gasteiger partial charge on any atom is 0.299 e. The summed E-state index contributed by atoms with van der Waals surface area (Å²) >= 11 is 0. The van der Waals surface area contributed by atoms with Crippen LogP contribution in [0.15, 0.2) is 53.4 Å². The number of fused-ring (bicyclic) bond motifs is 3. The molecule has 2 aromatic rings. The lowest BCUT2D eigenvalue weighted by atomic mass is 9.95. The highest BCUT2D eigenvalue weighted by Gasteiger charge is 2.52. The Balaban J connectivity index is 1.60. The highest BCUT2D eigenvalue weighted by atomic mass is 32.2. The van der Waals surface area contributed by atoms with Crippen LogP contribution in [-0.4, -0.2) is 47.0 Å². The van der Waals surface area contributed by atoms with Crippen LogP contribution in [0.25, 0.3) is 6.08 Å². The van der Waals surface area contributed by atoms with Crippen LogP contribution in [0.5, 0.6) is 0 Å². The van der Waals surface area contributed by atoms with E-state index >= 15 is 0 Å². The van der Waals surface area contributed by atoms with Gasteiger partial charge in [0.2, 0.25) is 0 Å². The van der Waals surface area contributed by atoms with E-state index in [4.69, 9.17) is 8.92 Å². The first-order valence-electron chi connectivity index (χ1n) is 11.6. The molecule has 178 valence electrons. The van der Waals surface area contributed by atoms with Crippen molar-refractivity contribution < 1.29 is 17.3 Å². The highest BCUT2D eigenvalue weighted by molar-refractivity contribution is 7.87. The number of rotatable bonds is 8. The molecule has 0 aliphatic carbocycles. The Kier molecular flexibility index (Phi) is 6.58. The summed E-state index contributed by atoms with van der Waals surface area (Å²) in [4.78, 5) is 4.43. The second kappa shape index (κ2) is 9.12. The van der Waals surface area contributed by atoms with E-state index in [1.165, 1.54) is 0 Å². The molecule has 2 unspecified atom stereocenters. The molecule has 6 nitrogen and oxygen atoms in total. The number of anilines is 2. The molecule has 2 aliphatic heterocycles. The molecule has 4 rings (SSSR count). The minimum absolute atomic E-state index is 0.180. The Morgan fingerprint density at radius 3 is 2.58 bits per heavy atom. The molecule has 1 saturated heterocycles. The van der Waals surface area contributed by atoms with Crippen molar-refractivity contribution in [1.29, 1.82) is 0 Å². The van der Waals surface area contributed by atoms with Gasteiger partial charge in [0.15, 0.2) is 0 Å². The topological polar surface area (TPSA) is 59.1 Å². The fourth-order valence-corrected chi connectivity index (χ4v) is 5.79. The van der Waals surface area contributed by atoms with Crippen molar-refractivity contribution in [3.63, 3.8) is 0 Å². The van der Waals surface area contributed by atoms with Crippen molar-refractivity contribution >= 4 is 27.6 Å². The maximum absolute atomic E-state index is 13.0. The van der Waals surface area contributed by atoms with Crippen LogP contribution in [0.4, 0.5) is 11.4 Å². The molecule has 1 fully saturated rings. The van der Waals surface area contributed by atoms with Gasteiger partial charge in [-0.15, -0.1) is 0 Å². The molecule has 2 heterocycles. The van der Waals surface area contributed by atoms with Gasteiger partial charge in [-0.3, -0.25) is 4.18 Å². The quantitative estimate of drug-likeness (QED) is 0.407. The molecular formula is C26H34N2O4S. The number of hydrogen-bond acceptors (Lipinski definition) is 6. The number of ether oxygens (including phenoxy) is 1. The van der Waals surface area contributed by atoms with Gasteiger partial charge in [0.05, 0.1) is 17.8 Å². The normalized spacial score (nSPS) is 21.4. The molecule has 0 spiro atoms. The largest absolute Gasteiger partial charge is 0.378 e. The molecule has 7 heteroatoms. The van der Waals surface area contributed by atoms with E-state index in [-0.39, 0.29) is 23.8 Å². The Hall–Kier alpha value is -2.35. The third-order valence-corrected chi connectivity index (χ3v) is 7.85. The summed E-state index contributed by atoms with van der Waals surface area (Å²) in [5, 5.41) is 0. The summed E-state index contributed by atoms with van der Waals surface area (Å²) in [5.41, 5.74) is 3.52. The summed E-state index contributed by atoms with van der Waals surface area (Å²) in [6, 6.07) is 13.8. The van der Waals surface area contributed by atoms with E-state index in [1.807, 2.05) is 27.1 Å². The third-order valence-electron chi connectivity index (χ3n) is 6.51.